The molecule has 1 aromatic rings. The molecular weight excluding hydrogens is 379 g/mol. The SMILES string of the molecule is O=C(NCC(=O)N1CCCC1)c1cc(Cl)ccc1I. The van der Waals surface area contributed by atoms with E-state index in [4.69, 9.17) is 11.6 Å². The van der Waals surface area contributed by atoms with Crippen molar-refractivity contribution in [2.45, 2.75) is 12.8 Å². The Kier molecular flexibility index (Phi) is 5.04. The smallest absolute Gasteiger partial charge is 0.252 e. The van der Waals surface area contributed by atoms with Crippen LogP contribution in [-0.4, -0.2) is 36.3 Å². The lowest BCUT2D eigenvalue weighted by molar-refractivity contribution is -0.129. The van der Waals surface area contributed by atoms with Crippen molar-refractivity contribution in [3.05, 3.63) is 32.4 Å². The van der Waals surface area contributed by atoms with Gasteiger partial charge in [0, 0.05) is 21.7 Å². The van der Waals surface area contributed by atoms with Crippen LogP contribution in [-0.2, 0) is 4.79 Å². The molecule has 0 unspecified atom stereocenters. The van der Waals surface area contributed by atoms with Gasteiger partial charge < -0.3 is 10.2 Å². The maximum Gasteiger partial charge on any atom is 0.252 e. The van der Waals surface area contributed by atoms with Crippen LogP contribution in [0.3, 0.4) is 0 Å². The first-order valence-corrected chi connectivity index (χ1v) is 7.54. The Morgan fingerprint density at radius 1 is 1.32 bits per heavy atom. The fraction of sp³-hybridized carbons (Fsp3) is 0.385. The van der Waals surface area contributed by atoms with Crippen LogP contribution in [0.5, 0.6) is 0 Å². The second-order valence-corrected chi connectivity index (χ2v) is 5.99. The summed E-state index contributed by atoms with van der Waals surface area (Å²) in [4.78, 5) is 25.6. The van der Waals surface area contributed by atoms with Crippen molar-refractivity contribution >= 4 is 46.0 Å². The third-order valence-corrected chi connectivity index (χ3v) is 4.21. The van der Waals surface area contributed by atoms with Gasteiger partial charge in [0.15, 0.2) is 0 Å². The molecule has 0 atom stereocenters. The third-order valence-electron chi connectivity index (χ3n) is 3.03. The third kappa shape index (κ3) is 3.82. The minimum atomic E-state index is -0.264. The average molecular weight is 393 g/mol. The number of carbonyl (C=O) groups excluding carboxylic acids is 2. The summed E-state index contributed by atoms with van der Waals surface area (Å²) >= 11 is 7.94. The van der Waals surface area contributed by atoms with Crippen molar-refractivity contribution in [3.8, 4) is 0 Å². The number of hydrogen-bond acceptors (Lipinski definition) is 2. The molecule has 0 radical (unpaired) electrons. The number of benzene rings is 1. The molecule has 102 valence electrons. The number of nitrogens with zero attached hydrogens (tertiary/aromatic N) is 1. The number of likely N-dealkylation sites (tertiary alicyclic amines) is 1. The summed E-state index contributed by atoms with van der Waals surface area (Å²) in [6.07, 6.45) is 2.09. The summed E-state index contributed by atoms with van der Waals surface area (Å²) in [5, 5.41) is 3.16. The van der Waals surface area contributed by atoms with Crippen molar-refractivity contribution in [3.63, 3.8) is 0 Å². The Balaban J connectivity index is 1.93. The molecule has 0 aromatic heterocycles. The van der Waals surface area contributed by atoms with E-state index in [9.17, 15) is 9.59 Å². The highest BCUT2D eigenvalue weighted by Gasteiger charge is 2.19. The molecule has 0 aliphatic carbocycles. The van der Waals surface area contributed by atoms with E-state index in [1.54, 1.807) is 23.1 Å². The molecule has 2 amide bonds. The Bertz CT molecular complexity index is 501. The van der Waals surface area contributed by atoms with Crippen LogP contribution in [0.4, 0.5) is 0 Å². The average Bonchev–Trinajstić information content (AvgIpc) is 2.92. The van der Waals surface area contributed by atoms with Crippen molar-refractivity contribution in [2.75, 3.05) is 19.6 Å². The highest BCUT2D eigenvalue weighted by Crippen LogP contribution is 2.17. The Labute approximate surface area is 130 Å². The van der Waals surface area contributed by atoms with Crippen molar-refractivity contribution in [1.29, 1.82) is 0 Å². The van der Waals surface area contributed by atoms with Crippen LogP contribution < -0.4 is 5.32 Å². The Morgan fingerprint density at radius 3 is 2.68 bits per heavy atom. The molecule has 1 aliphatic heterocycles. The maximum atomic E-state index is 12.0. The summed E-state index contributed by atoms with van der Waals surface area (Å²) in [6.45, 7) is 1.63. The van der Waals surface area contributed by atoms with E-state index in [2.05, 4.69) is 27.9 Å². The molecule has 1 N–H and O–H groups in total. The topological polar surface area (TPSA) is 49.4 Å². The number of nitrogens with one attached hydrogen (secondary N) is 1. The maximum absolute atomic E-state index is 12.0. The normalized spacial score (nSPS) is 14.5. The van der Waals surface area contributed by atoms with E-state index in [0.29, 0.717) is 10.6 Å². The zero-order valence-electron chi connectivity index (χ0n) is 10.3. The summed E-state index contributed by atoms with van der Waals surface area (Å²) in [7, 11) is 0. The molecule has 1 heterocycles. The highest BCUT2D eigenvalue weighted by atomic mass is 127. The second-order valence-electron chi connectivity index (χ2n) is 4.39. The molecular formula is C13H14ClIN2O2. The minimum Gasteiger partial charge on any atom is -0.343 e. The van der Waals surface area contributed by atoms with Crippen LogP contribution in [0.1, 0.15) is 23.2 Å². The Hall–Kier alpha value is -0.820. The number of hydrogen-bond donors (Lipinski definition) is 1. The van der Waals surface area contributed by atoms with Gasteiger partial charge in [-0.25, -0.2) is 0 Å². The van der Waals surface area contributed by atoms with Gasteiger partial charge in [-0.1, -0.05) is 11.6 Å². The van der Waals surface area contributed by atoms with E-state index in [1.807, 2.05) is 0 Å². The summed E-state index contributed by atoms with van der Waals surface area (Å²) < 4.78 is 0.813. The Morgan fingerprint density at radius 2 is 2.00 bits per heavy atom. The molecule has 1 saturated heterocycles. The summed E-state index contributed by atoms with van der Waals surface area (Å²) in [6, 6.07) is 5.12. The van der Waals surface area contributed by atoms with Gasteiger partial charge in [0.25, 0.3) is 5.91 Å². The summed E-state index contributed by atoms with van der Waals surface area (Å²) in [5.41, 5.74) is 0.502. The van der Waals surface area contributed by atoms with Crippen LogP contribution >= 0.6 is 34.2 Å². The number of amides is 2. The molecule has 19 heavy (non-hydrogen) atoms. The van der Waals surface area contributed by atoms with E-state index in [0.717, 1.165) is 29.5 Å². The van der Waals surface area contributed by atoms with E-state index < -0.39 is 0 Å². The van der Waals surface area contributed by atoms with Gasteiger partial charge >= 0.3 is 0 Å². The zero-order chi connectivity index (χ0) is 13.8. The molecule has 2 rings (SSSR count). The first kappa shape index (κ1) is 14.6. The predicted octanol–water partition coefficient (Wildman–Crippen LogP) is 2.30. The number of carbonyl (C=O) groups is 2. The monoisotopic (exact) mass is 392 g/mol. The highest BCUT2D eigenvalue weighted by molar-refractivity contribution is 14.1. The van der Waals surface area contributed by atoms with E-state index in [1.165, 1.54) is 0 Å². The van der Waals surface area contributed by atoms with Crippen LogP contribution in [0.25, 0.3) is 0 Å². The van der Waals surface area contributed by atoms with Crippen LogP contribution in [0.2, 0.25) is 5.02 Å². The lowest BCUT2D eigenvalue weighted by atomic mass is 10.2. The number of halogens is 2. The fourth-order valence-electron chi connectivity index (χ4n) is 2.00. The van der Waals surface area contributed by atoms with Gasteiger partial charge in [-0.3, -0.25) is 9.59 Å². The van der Waals surface area contributed by atoms with Gasteiger partial charge in [0.1, 0.15) is 0 Å². The van der Waals surface area contributed by atoms with E-state index >= 15 is 0 Å². The quantitative estimate of drug-likeness (QED) is 0.803. The first-order chi connectivity index (χ1) is 9.08. The van der Waals surface area contributed by atoms with Gasteiger partial charge in [0.05, 0.1) is 12.1 Å². The molecule has 0 spiro atoms. The van der Waals surface area contributed by atoms with Crippen molar-refractivity contribution < 1.29 is 9.59 Å². The molecule has 0 saturated carbocycles. The number of rotatable bonds is 3. The lowest BCUT2D eigenvalue weighted by Crippen LogP contribution is -2.38. The van der Waals surface area contributed by atoms with Gasteiger partial charge in [-0.15, -0.1) is 0 Å². The van der Waals surface area contributed by atoms with Crippen LogP contribution in [0, 0.1) is 3.57 Å². The molecule has 1 aromatic carbocycles. The van der Waals surface area contributed by atoms with Crippen LogP contribution in [0.15, 0.2) is 18.2 Å². The van der Waals surface area contributed by atoms with Gasteiger partial charge in [-0.2, -0.15) is 0 Å². The van der Waals surface area contributed by atoms with Gasteiger partial charge in [0.2, 0.25) is 5.91 Å². The first-order valence-electron chi connectivity index (χ1n) is 6.09. The lowest BCUT2D eigenvalue weighted by Gasteiger charge is -2.15. The predicted molar refractivity (Wildman–Crippen MR) is 82.3 cm³/mol. The van der Waals surface area contributed by atoms with Crippen molar-refractivity contribution in [2.24, 2.45) is 0 Å². The molecule has 1 fully saturated rings. The zero-order valence-corrected chi connectivity index (χ0v) is 13.2. The molecule has 6 heteroatoms. The molecule has 4 nitrogen and oxygen atoms in total. The largest absolute Gasteiger partial charge is 0.343 e. The molecule has 0 bridgehead atoms. The summed E-state index contributed by atoms with van der Waals surface area (Å²) in [5.74, 6) is -0.290. The standard InChI is InChI=1S/C13H14ClIN2O2/c14-9-3-4-11(15)10(7-9)13(19)16-8-12(18)17-5-1-2-6-17/h3-4,7H,1-2,5-6,8H2,(H,16,19). The molecule has 1 aliphatic rings. The minimum absolute atomic E-state index is 0.0251. The second kappa shape index (κ2) is 6.56. The fourth-order valence-corrected chi connectivity index (χ4v) is 2.75. The van der Waals surface area contributed by atoms with Gasteiger partial charge in [-0.05, 0) is 53.6 Å². The van der Waals surface area contributed by atoms with E-state index in [-0.39, 0.29) is 18.4 Å². The van der Waals surface area contributed by atoms with Crippen molar-refractivity contribution in [1.82, 2.24) is 10.2 Å².